The van der Waals surface area contributed by atoms with E-state index in [4.69, 9.17) is 14.6 Å². The lowest BCUT2D eigenvalue weighted by molar-refractivity contribution is 0.0899. The second kappa shape index (κ2) is 5.79. The molecule has 3 nitrogen and oxygen atoms in total. The molecule has 1 aliphatic rings. The van der Waals surface area contributed by atoms with Crippen LogP contribution in [0, 0.1) is 17.8 Å². The molecule has 2 rings (SSSR count). The molecule has 1 aliphatic carbocycles. The fourth-order valence-corrected chi connectivity index (χ4v) is 1.86. The van der Waals surface area contributed by atoms with Crippen LogP contribution in [0.3, 0.4) is 0 Å². The van der Waals surface area contributed by atoms with Crippen LogP contribution in [-0.2, 0) is 0 Å². The number of hydrogen-bond acceptors (Lipinski definition) is 3. The Bertz CT molecular complexity index is 433. The van der Waals surface area contributed by atoms with Crippen molar-refractivity contribution in [3.63, 3.8) is 0 Å². The molecule has 0 spiro atoms. The zero-order valence-electron chi connectivity index (χ0n) is 10.7. The molecule has 1 fully saturated rings. The lowest BCUT2D eigenvalue weighted by Crippen LogP contribution is -2.33. The van der Waals surface area contributed by atoms with E-state index in [1.54, 1.807) is 14.0 Å². The van der Waals surface area contributed by atoms with Crippen LogP contribution in [0.4, 0.5) is 0 Å². The van der Waals surface area contributed by atoms with Crippen LogP contribution in [0.15, 0.2) is 24.3 Å². The Labute approximate surface area is 108 Å². The number of methoxy groups -OCH3 is 1. The normalized spacial score (nSPS) is 23.3. The molecule has 96 valence electrons. The van der Waals surface area contributed by atoms with Gasteiger partial charge in [0.25, 0.3) is 0 Å². The van der Waals surface area contributed by atoms with E-state index in [9.17, 15) is 0 Å². The summed E-state index contributed by atoms with van der Waals surface area (Å²) in [7, 11) is 1.65. The molecule has 0 saturated heterocycles. The van der Waals surface area contributed by atoms with Gasteiger partial charge >= 0.3 is 0 Å². The van der Waals surface area contributed by atoms with Gasteiger partial charge in [0.15, 0.2) is 0 Å². The highest BCUT2D eigenvalue weighted by molar-refractivity contribution is 5.31. The maximum atomic E-state index is 9.05. The topological polar surface area (TPSA) is 38.7 Å². The van der Waals surface area contributed by atoms with Crippen LogP contribution in [0.25, 0.3) is 0 Å². The first-order chi connectivity index (χ1) is 8.67. The molecule has 1 aromatic rings. The Morgan fingerprint density at radius 3 is 2.39 bits per heavy atom. The first-order valence-electron chi connectivity index (χ1n) is 6.17. The fourth-order valence-electron chi connectivity index (χ4n) is 1.86. The molecule has 1 aromatic carbocycles. The maximum Gasteiger partial charge on any atom is 0.119 e. The van der Waals surface area contributed by atoms with Crippen LogP contribution in [0.5, 0.6) is 11.5 Å². The molecule has 18 heavy (non-hydrogen) atoms. The maximum absolute atomic E-state index is 9.05. The van der Waals surface area contributed by atoms with Gasteiger partial charge in [-0.1, -0.05) is 11.8 Å². The van der Waals surface area contributed by atoms with Gasteiger partial charge in [-0.15, -0.1) is 0 Å². The average molecular weight is 246 g/mol. The highest BCUT2D eigenvalue weighted by Gasteiger charge is 2.29. The van der Waals surface area contributed by atoms with Gasteiger partial charge in [-0.05, 0) is 44.0 Å². The van der Waals surface area contributed by atoms with E-state index in [1.807, 2.05) is 24.3 Å². The smallest absolute Gasteiger partial charge is 0.119 e. The monoisotopic (exact) mass is 246 g/mol. The van der Waals surface area contributed by atoms with E-state index in [0.717, 1.165) is 24.3 Å². The Morgan fingerprint density at radius 2 is 1.83 bits per heavy atom. The Balaban J connectivity index is 1.78. The van der Waals surface area contributed by atoms with E-state index < -0.39 is 6.10 Å². The number of aliphatic hydroxyl groups excluding tert-OH is 1. The summed E-state index contributed by atoms with van der Waals surface area (Å²) < 4.78 is 10.9. The molecule has 0 heterocycles. The zero-order chi connectivity index (χ0) is 13.0. The number of ether oxygens (including phenoxy) is 2. The van der Waals surface area contributed by atoms with E-state index in [1.165, 1.54) is 0 Å². The molecule has 3 heteroatoms. The predicted octanol–water partition coefficient (Wildman–Crippen LogP) is 2.24. The Hall–Kier alpha value is -1.66. The second-order valence-corrected chi connectivity index (χ2v) is 4.55. The minimum absolute atomic E-state index is 0.242. The number of benzene rings is 1. The molecule has 0 bridgehead atoms. The summed E-state index contributed by atoms with van der Waals surface area (Å²) in [5.74, 6) is 7.89. The van der Waals surface area contributed by atoms with E-state index in [0.29, 0.717) is 5.92 Å². The second-order valence-electron chi connectivity index (χ2n) is 4.55. The molecule has 1 N–H and O–H groups in total. The van der Waals surface area contributed by atoms with Gasteiger partial charge in [-0.3, -0.25) is 0 Å². The molecular formula is C15H18O3. The van der Waals surface area contributed by atoms with Crippen LogP contribution in [-0.4, -0.2) is 24.4 Å². The lowest BCUT2D eigenvalue weighted by Gasteiger charge is -2.32. The SMILES string of the molecule is COc1ccc(OC2CC(C#CC(C)O)C2)cc1. The standard InChI is InChI=1S/C15H18O3/c1-11(16)3-4-12-9-15(10-12)18-14-7-5-13(17-2)6-8-14/h5-8,11-12,15-16H,9-10H2,1-2H3. The third kappa shape index (κ3) is 3.41. The van der Waals surface area contributed by atoms with Gasteiger partial charge in [0, 0.05) is 5.92 Å². The minimum atomic E-state index is -0.536. The van der Waals surface area contributed by atoms with Crippen molar-refractivity contribution in [1.82, 2.24) is 0 Å². The number of hydrogen-bond donors (Lipinski definition) is 1. The van der Waals surface area contributed by atoms with Crippen molar-refractivity contribution in [3.8, 4) is 23.3 Å². The summed E-state index contributed by atoms with van der Waals surface area (Å²) in [5.41, 5.74) is 0. The molecule has 1 saturated carbocycles. The van der Waals surface area contributed by atoms with Gasteiger partial charge in [0.2, 0.25) is 0 Å². The summed E-state index contributed by atoms with van der Waals surface area (Å²) >= 11 is 0. The van der Waals surface area contributed by atoms with Crippen molar-refractivity contribution >= 4 is 0 Å². The largest absolute Gasteiger partial charge is 0.497 e. The van der Waals surface area contributed by atoms with Crippen LogP contribution in [0.2, 0.25) is 0 Å². The molecule has 0 aromatic heterocycles. The minimum Gasteiger partial charge on any atom is -0.497 e. The summed E-state index contributed by atoms with van der Waals surface area (Å²) in [5, 5.41) is 9.05. The van der Waals surface area contributed by atoms with Crippen molar-refractivity contribution in [2.45, 2.75) is 32.0 Å². The number of rotatable bonds is 3. The summed E-state index contributed by atoms with van der Waals surface area (Å²) in [6.45, 7) is 1.68. The Kier molecular flexibility index (Phi) is 4.11. The number of aliphatic hydroxyl groups is 1. The molecule has 0 radical (unpaired) electrons. The highest BCUT2D eigenvalue weighted by atomic mass is 16.5. The summed E-state index contributed by atoms with van der Waals surface area (Å²) in [4.78, 5) is 0. The first-order valence-corrected chi connectivity index (χ1v) is 6.17. The Morgan fingerprint density at radius 1 is 1.22 bits per heavy atom. The van der Waals surface area contributed by atoms with Gasteiger partial charge < -0.3 is 14.6 Å². The van der Waals surface area contributed by atoms with Gasteiger partial charge in [-0.2, -0.15) is 0 Å². The summed E-state index contributed by atoms with van der Waals surface area (Å²) in [6, 6.07) is 7.60. The van der Waals surface area contributed by atoms with Crippen molar-refractivity contribution < 1.29 is 14.6 Å². The van der Waals surface area contributed by atoms with Crippen LogP contribution >= 0.6 is 0 Å². The third-order valence-corrected chi connectivity index (χ3v) is 2.95. The highest BCUT2D eigenvalue weighted by Crippen LogP contribution is 2.31. The van der Waals surface area contributed by atoms with Crippen LogP contribution < -0.4 is 9.47 Å². The first kappa shape index (κ1) is 12.8. The van der Waals surface area contributed by atoms with Crippen molar-refractivity contribution in [3.05, 3.63) is 24.3 Å². The fraction of sp³-hybridized carbons (Fsp3) is 0.467. The zero-order valence-corrected chi connectivity index (χ0v) is 10.7. The van der Waals surface area contributed by atoms with E-state index >= 15 is 0 Å². The molecule has 1 unspecified atom stereocenters. The molecule has 0 aliphatic heterocycles. The van der Waals surface area contributed by atoms with Gasteiger partial charge in [0.1, 0.15) is 23.7 Å². The van der Waals surface area contributed by atoms with Gasteiger partial charge in [0.05, 0.1) is 7.11 Å². The quantitative estimate of drug-likeness (QED) is 0.831. The molecule has 0 amide bonds. The average Bonchev–Trinajstić information content (AvgIpc) is 2.32. The predicted molar refractivity (Wildman–Crippen MR) is 69.6 cm³/mol. The van der Waals surface area contributed by atoms with Crippen molar-refractivity contribution in [2.24, 2.45) is 5.92 Å². The third-order valence-electron chi connectivity index (χ3n) is 2.95. The molecule has 1 atom stereocenters. The molecular weight excluding hydrogens is 228 g/mol. The lowest BCUT2D eigenvalue weighted by atomic mass is 9.82. The van der Waals surface area contributed by atoms with Gasteiger partial charge in [-0.25, -0.2) is 0 Å². The van der Waals surface area contributed by atoms with Crippen molar-refractivity contribution in [1.29, 1.82) is 0 Å². The van der Waals surface area contributed by atoms with E-state index in [2.05, 4.69) is 11.8 Å². The summed E-state index contributed by atoms with van der Waals surface area (Å²) in [6.07, 6.45) is 1.58. The van der Waals surface area contributed by atoms with Crippen LogP contribution in [0.1, 0.15) is 19.8 Å². The van der Waals surface area contributed by atoms with Crippen molar-refractivity contribution in [2.75, 3.05) is 7.11 Å². The van der Waals surface area contributed by atoms with E-state index in [-0.39, 0.29) is 6.10 Å².